The highest BCUT2D eigenvalue weighted by Gasteiger charge is 2.22. The molecule has 0 spiro atoms. The number of carbonyl (C=O) groups excluding carboxylic acids is 1. The number of carbonyl (C=O) groups is 1. The number of esters is 1. The maximum absolute atomic E-state index is 13.1. The number of anilines is 1. The standard InChI is InChI=1S/C26H33NO5S/c1-6-7-8-9-10-13-31-26(28)25-20(5)32-23-12-11-21(16-22(23)25)27-33(29,30)24-15-18(3)17(2)14-19(24)4/h11-12,14-16,27H,6-10,13H2,1-5H3. The quantitative estimate of drug-likeness (QED) is 0.266. The number of hydrogen-bond donors (Lipinski definition) is 1. The minimum atomic E-state index is -3.80. The van der Waals surface area contributed by atoms with Gasteiger partial charge < -0.3 is 9.15 Å². The number of furan rings is 1. The van der Waals surface area contributed by atoms with Crippen LogP contribution in [0.1, 0.15) is 71.8 Å². The van der Waals surface area contributed by atoms with E-state index >= 15 is 0 Å². The third kappa shape index (κ3) is 5.77. The van der Waals surface area contributed by atoms with E-state index in [0.717, 1.165) is 36.8 Å². The number of hydrogen-bond acceptors (Lipinski definition) is 5. The first kappa shape index (κ1) is 24.8. The minimum Gasteiger partial charge on any atom is -0.462 e. The maximum Gasteiger partial charge on any atom is 0.342 e. The predicted octanol–water partition coefficient (Wildman–Crippen LogP) is 6.59. The van der Waals surface area contributed by atoms with E-state index in [2.05, 4.69) is 11.6 Å². The fourth-order valence-electron chi connectivity index (χ4n) is 3.91. The summed E-state index contributed by atoms with van der Waals surface area (Å²) in [7, 11) is -3.80. The van der Waals surface area contributed by atoms with E-state index < -0.39 is 16.0 Å². The van der Waals surface area contributed by atoms with Gasteiger partial charge in [-0.3, -0.25) is 4.72 Å². The number of fused-ring (bicyclic) bond motifs is 1. The highest BCUT2D eigenvalue weighted by atomic mass is 32.2. The number of sulfonamides is 1. The Balaban J connectivity index is 1.82. The van der Waals surface area contributed by atoms with Crippen LogP contribution in [-0.4, -0.2) is 21.0 Å². The third-order valence-corrected chi connectivity index (χ3v) is 7.41. The fraction of sp³-hybridized carbons (Fsp3) is 0.423. The molecule has 0 amide bonds. The largest absolute Gasteiger partial charge is 0.462 e. The van der Waals surface area contributed by atoms with Gasteiger partial charge in [0.15, 0.2) is 0 Å². The summed E-state index contributed by atoms with van der Waals surface area (Å²) in [5.41, 5.74) is 3.81. The van der Waals surface area contributed by atoms with Crippen LogP contribution in [0.4, 0.5) is 5.69 Å². The topological polar surface area (TPSA) is 85.6 Å². The Morgan fingerprint density at radius 3 is 2.36 bits per heavy atom. The lowest BCUT2D eigenvalue weighted by Crippen LogP contribution is -2.15. The van der Waals surface area contributed by atoms with Crippen molar-refractivity contribution in [2.24, 2.45) is 0 Å². The van der Waals surface area contributed by atoms with Crippen LogP contribution in [-0.2, 0) is 14.8 Å². The summed E-state index contributed by atoms with van der Waals surface area (Å²) >= 11 is 0. The van der Waals surface area contributed by atoms with E-state index in [0.29, 0.717) is 40.2 Å². The molecule has 0 atom stereocenters. The average molecular weight is 472 g/mol. The van der Waals surface area contributed by atoms with Crippen molar-refractivity contribution in [3.05, 3.63) is 58.3 Å². The summed E-state index contributed by atoms with van der Waals surface area (Å²) < 4.78 is 40.0. The first-order valence-corrected chi connectivity index (χ1v) is 12.9. The molecule has 1 aromatic heterocycles. The summed E-state index contributed by atoms with van der Waals surface area (Å²) in [6, 6.07) is 8.45. The molecule has 1 N–H and O–H groups in total. The van der Waals surface area contributed by atoms with Crippen molar-refractivity contribution in [1.82, 2.24) is 0 Å². The Morgan fingerprint density at radius 1 is 0.939 bits per heavy atom. The molecule has 0 fully saturated rings. The van der Waals surface area contributed by atoms with Crippen LogP contribution in [0.5, 0.6) is 0 Å². The molecule has 0 aliphatic carbocycles. The van der Waals surface area contributed by atoms with Crippen molar-refractivity contribution in [3.63, 3.8) is 0 Å². The van der Waals surface area contributed by atoms with Crippen molar-refractivity contribution in [2.45, 2.75) is 71.6 Å². The smallest absolute Gasteiger partial charge is 0.342 e. The second-order valence-corrected chi connectivity index (χ2v) is 10.3. The second kappa shape index (κ2) is 10.4. The van der Waals surface area contributed by atoms with E-state index in [9.17, 15) is 13.2 Å². The number of aryl methyl sites for hydroxylation is 4. The van der Waals surface area contributed by atoms with Crippen molar-refractivity contribution in [2.75, 3.05) is 11.3 Å². The lowest BCUT2D eigenvalue weighted by Gasteiger charge is -2.13. The molecule has 0 radical (unpaired) electrons. The van der Waals surface area contributed by atoms with Gasteiger partial charge in [-0.15, -0.1) is 0 Å². The molecular weight excluding hydrogens is 438 g/mol. The molecule has 0 saturated carbocycles. The Bertz CT molecular complexity index is 1260. The molecule has 3 rings (SSSR count). The third-order valence-electron chi connectivity index (χ3n) is 5.88. The Kier molecular flexibility index (Phi) is 7.84. The minimum absolute atomic E-state index is 0.233. The SMILES string of the molecule is CCCCCCCOC(=O)c1c(C)oc2ccc(NS(=O)(=O)c3cc(C)c(C)cc3C)cc12. The molecule has 2 aromatic carbocycles. The van der Waals surface area contributed by atoms with Crippen LogP contribution in [0, 0.1) is 27.7 Å². The van der Waals surface area contributed by atoms with Crippen LogP contribution < -0.4 is 4.72 Å². The fourth-order valence-corrected chi connectivity index (χ4v) is 5.28. The van der Waals surface area contributed by atoms with Gasteiger partial charge in [-0.05, 0) is 75.1 Å². The van der Waals surface area contributed by atoms with E-state index in [-0.39, 0.29) is 4.90 Å². The highest BCUT2D eigenvalue weighted by molar-refractivity contribution is 7.92. The Labute approximate surface area is 196 Å². The van der Waals surface area contributed by atoms with Crippen LogP contribution in [0.2, 0.25) is 0 Å². The second-order valence-electron chi connectivity index (χ2n) is 8.60. The zero-order valence-electron chi connectivity index (χ0n) is 20.1. The molecule has 3 aromatic rings. The molecule has 178 valence electrons. The van der Waals surface area contributed by atoms with Crippen molar-refractivity contribution < 1.29 is 22.4 Å². The normalized spacial score (nSPS) is 11.7. The monoisotopic (exact) mass is 471 g/mol. The van der Waals surface area contributed by atoms with Gasteiger partial charge in [0.1, 0.15) is 16.9 Å². The van der Waals surface area contributed by atoms with Gasteiger partial charge in [-0.2, -0.15) is 0 Å². The summed E-state index contributed by atoms with van der Waals surface area (Å²) in [5.74, 6) is -0.00209. The van der Waals surface area contributed by atoms with Crippen LogP contribution >= 0.6 is 0 Å². The van der Waals surface area contributed by atoms with E-state index in [1.807, 2.05) is 19.9 Å². The molecular formula is C26H33NO5S. The van der Waals surface area contributed by atoms with Crippen molar-refractivity contribution in [3.8, 4) is 0 Å². The van der Waals surface area contributed by atoms with Gasteiger partial charge >= 0.3 is 5.97 Å². The van der Waals surface area contributed by atoms with Crippen LogP contribution in [0.15, 0.2) is 39.6 Å². The molecule has 0 aliphatic heterocycles. The number of nitrogens with one attached hydrogen (secondary N) is 1. The lowest BCUT2D eigenvalue weighted by atomic mass is 10.1. The first-order valence-electron chi connectivity index (χ1n) is 11.4. The summed E-state index contributed by atoms with van der Waals surface area (Å²) in [5, 5.41) is 0.528. The molecule has 7 heteroatoms. The zero-order valence-corrected chi connectivity index (χ0v) is 20.9. The van der Waals surface area contributed by atoms with Gasteiger partial charge in [-0.1, -0.05) is 38.7 Å². The highest BCUT2D eigenvalue weighted by Crippen LogP contribution is 2.30. The Hall–Kier alpha value is -2.80. The lowest BCUT2D eigenvalue weighted by molar-refractivity contribution is 0.0497. The number of rotatable bonds is 10. The molecule has 0 aliphatic rings. The van der Waals surface area contributed by atoms with Gasteiger partial charge in [-0.25, -0.2) is 13.2 Å². The van der Waals surface area contributed by atoms with E-state index in [1.165, 1.54) is 6.42 Å². The van der Waals surface area contributed by atoms with Crippen LogP contribution in [0.3, 0.4) is 0 Å². The van der Waals surface area contributed by atoms with Gasteiger partial charge in [0.2, 0.25) is 0 Å². The summed E-state index contributed by atoms with van der Waals surface area (Å²) in [4.78, 5) is 13.0. The van der Waals surface area contributed by atoms with Gasteiger partial charge in [0, 0.05) is 11.1 Å². The number of ether oxygens (including phenoxy) is 1. The molecule has 33 heavy (non-hydrogen) atoms. The Morgan fingerprint density at radius 2 is 1.64 bits per heavy atom. The molecule has 0 saturated heterocycles. The average Bonchev–Trinajstić information content (AvgIpc) is 3.07. The summed E-state index contributed by atoms with van der Waals surface area (Å²) in [6.45, 7) is 9.83. The molecule has 0 unspecified atom stereocenters. The van der Waals surface area contributed by atoms with E-state index in [4.69, 9.17) is 9.15 Å². The number of benzene rings is 2. The molecule has 0 bridgehead atoms. The zero-order chi connectivity index (χ0) is 24.2. The van der Waals surface area contributed by atoms with E-state index in [1.54, 1.807) is 38.1 Å². The maximum atomic E-state index is 13.1. The molecule has 1 heterocycles. The molecule has 6 nitrogen and oxygen atoms in total. The van der Waals surface area contributed by atoms with Crippen molar-refractivity contribution in [1.29, 1.82) is 0 Å². The number of unbranched alkanes of at least 4 members (excludes halogenated alkanes) is 4. The first-order chi connectivity index (χ1) is 15.6. The van der Waals surface area contributed by atoms with Gasteiger partial charge in [0.05, 0.1) is 11.5 Å². The summed E-state index contributed by atoms with van der Waals surface area (Å²) in [6.07, 6.45) is 5.32. The predicted molar refractivity (Wildman–Crippen MR) is 131 cm³/mol. The van der Waals surface area contributed by atoms with Crippen molar-refractivity contribution >= 4 is 32.6 Å². The van der Waals surface area contributed by atoms with Crippen LogP contribution in [0.25, 0.3) is 11.0 Å². The van der Waals surface area contributed by atoms with Gasteiger partial charge in [0.25, 0.3) is 10.0 Å².